The number of nitrogens with zero attached hydrogens (tertiary/aromatic N) is 3. The molecule has 0 spiro atoms. The first-order valence-electron chi connectivity index (χ1n) is 5.43. The smallest absolute Gasteiger partial charge is 0.166 e. The second-order valence-corrected chi connectivity index (χ2v) is 5.47. The molecule has 0 amide bonds. The van der Waals surface area contributed by atoms with Crippen LogP contribution in [-0.4, -0.2) is 32.5 Å². The molecule has 0 radical (unpaired) electrons. The SMILES string of the molecule is CCS(=O)CCNc1nnc(C)c(C)c1C#N. The van der Waals surface area contributed by atoms with Crippen LogP contribution in [0.2, 0.25) is 0 Å². The topological polar surface area (TPSA) is 78.7 Å². The monoisotopic (exact) mass is 252 g/mol. The van der Waals surface area contributed by atoms with Crippen molar-refractivity contribution < 1.29 is 4.21 Å². The highest BCUT2D eigenvalue weighted by molar-refractivity contribution is 7.84. The fourth-order valence-electron chi connectivity index (χ4n) is 1.30. The molecule has 5 nitrogen and oxygen atoms in total. The predicted molar refractivity (Wildman–Crippen MR) is 68.3 cm³/mol. The van der Waals surface area contributed by atoms with E-state index >= 15 is 0 Å². The van der Waals surface area contributed by atoms with Gasteiger partial charge in [0.2, 0.25) is 0 Å². The summed E-state index contributed by atoms with van der Waals surface area (Å²) in [6.45, 7) is 6.08. The summed E-state index contributed by atoms with van der Waals surface area (Å²) in [5.41, 5.74) is 2.10. The normalized spacial score (nSPS) is 11.9. The average molecular weight is 252 g/mol. The van der Waals surface area contributed by atoms with Gasteiger partial charge < -0.3 is 5.32 Å². The summed E-state index contributed by atoms with van der Waals surface area (Å²) in [6.07, 6.45) is 0. The van der Waals surface area contributed by atoms with E-state index < -0.39 is 10.8 Å². The molecule has 1 atom stereocenters. The lowest BCUT2D eigenvalue weighted by Crippen LogP contribution is -2.15. The van der Waals surface area contributed by atoms with E-state index in [0.29, 0.717) is 29.4 Å². The van der Waals surface area contributed by atoms with Crippen molar-refractivity contribution >= 4 is 16.6 Å². The number of hydrogen-bond acceptors (Lipinski definition) is 5. The molecule has 1 aromatic rings. The summed E-state index contributed by atoms with van der Waals surface area (Å²) >= 11 is 0. The van der Waals surface area contributed by atoms with Gasteiger partial charge in [-0.05, 0) is 19.4 Å². The first-order chi connectivity index (χ1) is 8.10. The van der Waals surface area contributed by atoms with Crippen LogP contribution in [0.15, 0.2) is 0 Å². The lowest BCUT2D eigenvalue weighted by molar-refractivity contribution is 0.684. The van der Waals surface area contributed by atoms with Gasteiger partial charge in [0.1, 0.15) is 11.6 Å². The van der Waals surface area contributed by atoms with Gasteiger partial charge in [-0.3, -0.25) is 4.21 Å². The Kier molecular flexibility index (Phi) is 5.04. The van der Waals surface area contributed by atoms with Crippen LogP contribution in [0, 0.1) is 25.2 Å². The average Bonchev–Trinajstić information content (AvgIpc) is 2.33. The highest BCUT2D eigenvalue weighted by Gasteiger charge is 2.10. The van der Waals surface area contributed by atoms with Crippen molar-refractivity contribution in [2.24, 2.45) is 0 Å². The van der Waals surface area contributed by atoms with Gasteiger partial charge in [0.05, 0.1) is 5.69 Å². The van der Waals surface area contributed by atoms with Gasteiger partial charge >= 0.3 is 0 Å². The molecule has 0 aromatic carbocycles. The summed E-state index contributed by atoms with van der Waals surface area (Å²) < 4.78 is 11.2. The van der Waals surface area contributed by atoms with Gasteiger partial charge in [-0.1, -0.05) is 6.92 Å². The fraction of sp³-hybridized carbons (Fsp3) is 0.545. The zero-order chi connectivity index (χ0) is 12.8. The third-order valence-corrected chi connectivity index (χ3v) is 3.81. The van der Waals surface area contributed by atoms with Crippen molar-refractivity contribution in [2.75, 3.05) is 23.4 Å². The van der Waals surface area contributed by atoms with Crippen LogP contribution in [0.3, 0.4) is 0 Å². The summed E-state index contributed by atoms with van der Waals surface area (Å²) in [5.74, 6) is 1.67. The molecule has 0 saturated heterocycles. The van der Waals surface area contributed by atoms with E-state index in [9.17, 15) is 4.21 Å². The summed E-state index contributed by atoms with van der Waals surface area (Å²) in [6, 6.07) is 2.12. The van der Waals surface area contributed by atoms with Crippen LogP contribution >= 0.6 is 0 Å². The van der Waals surface area contributed by atoms with Crippen LogP contribution in [0.1, 0.15) is 23.7 Å². The molecule has 0 aliphatic rings. The van der Waals surface area contributed by atoms with E-state index in [1.807, 2.05) is 20.8 Å². The molecule has 0 bridgehead atoms. The van der Waals surface area contributed by atoms with E-state index in [2.05, 4.69) is 21.6 Å². The molecule has 17 heavy (non-hydrogen) atoms. The lowest BCUT2D eigenvalue weighted by Gasteiger charge is -2.08. The van der Waals surface area contributed by atoms with Crippen LogP contribution in [0.5, 0.6) is 0 Å². The lowest BCUT2D eigenvalue weighted by atomic mass is 10.1. The third kappa shape index (κ3) is 3.49. The molecule has 1 heterocycles. The number of rotatable bonds is 5. The fourth-order valence-corrected chi connectivity index (χ4v) is 1.92. The molecule has 1 rings (SSSR count). The highest BCUT2D eigenvalue weighted by atomic mass is 32.2. The Morgan fingerprint density at radius 2 is 2.12 bits per heavy atom. The zero-order valence-corrected chi connectivity index (χ0v) is 11.1. The number of anilines is 1. The Balaban J connectivity index is 2.76. The van der Waals surface area contributed by atoms with Gasteiger partial charge in [-0.15, -0.1) is 5.10 Å². The Morgan fingerprint density at radius 1 is 1.41 bits per heavy atom. The quantitative estimate of drug-likeness (QED) is 0.850. The van der Waals surface area contributed by atoms with Crippen molar-refractivity contribution in [1.29, 1.82) is 5.26 Å². The summed E-state index contributed by atoms with van der Waals surface area (Å²) in [5, 5.41) is 20.0. The van der Waals surface area contributed by atoms with E-state index in [0.717, 1.165) is 11.3 Å². The Labute approximate surface area is 104 Å². The molecule has 6 heteroatoms. The largest absolute Gasteiger partial charge is 0.367 e. The van der Waals surface area contributed by atoms with E-state index in [-0.39, 0.29) is 0 Å². The second kappa shape index (κ2) is 6.30. The minimum absolute atomic E-state index is 0.476. The predicted octanol–water partition coefficient (Wildman–Crippen LogP) is 1.15. The van der Waals surface area contributed by atoms with Crippen LogP contribution in [0.4, 0.5) is 5.82 Å². The molecule has 0 aliphatic heterocycles. The van der Waals surface area contributed by atoms with Gasteiger partial charge in [0.25, 0.3) is 0 Å². The maximum absolute atomic E-state index is 11.2. The second-order valence-electron chi connectivity index (χ2n) is 3.61. The van der Waals surface area contributed by atoms with Gasteiger partial charge in [-0.25, -0.2) is 0 Å². The molecule has 0 saturated carbocycles. The Bertz CT molecular complexity index is 467. The molecule has 92 valence electrons. The van der Waals surface area contributed by atoms with Crippen LogP contribution in [0.25, 0.3) is 0 Å². The first kappa shape index (κ1) is 13.6. The highest BCUT2D eigenvalue weighted by Crippen LogP contribution is 2.16. The number of hydrogen-bond donors (Lipinski definition) is 1. The van der Waals surface area contributed by atoms with Crippen LogP contribution < -0.4 is 5.32 Å². The molecule has 0 aliphatic carbocycles. The maximum atomic E-state index is 11.2. The zero-order valence-electron chi connectivity index (χ0n) is 10.3. The number of nitriles is 1. The summed E-state index contributed by atoms with van der Waals surface area (Å²) in [7, 11) is -0.813. The van der Waals surface area contributed by atoms with Crippen molar-refractivity contribution in [3.63, 3.8) is 0 Å². The van der Waals surface area contributed by atoms with E-state index in [1.165, 1.54) is 0 Å². The van der Waals surface area contributed by atoms with Crippen LogP contribution in [-0.2, 0) is 10.8 Å². The van der Waals surface area contributed by atoms with Gasteiger partial charge in [0.15, 0.2) is 5.82 Å². The molecule has 1 aromatic heterocycles. The minimum atomic E-state index is -0.813. The van der Waals surface area contributed by atoms with Gasteiger partial charge in [-0.2, -0.15) is 10.4 Å². The molecule has 1 N–H and O–H groups in total. The minimum Gasteiger partial charge on any atom is -0.367 e. The number of nitrogens with one attached hydrogen (secondary N) is 1. The Hall–Kier alpha value is -1.48. The maximum Gasteiger partial charge on any atom is 0.166 e. The standard InChI is InChI=1S/C11H16N4OS/c1-4-17(16)6-5-13-11-10(7-12)8(2)9(3)14-15-11/h4-6H2,1-3H3,(H,13,15). The third-order valence-electron chi connectivity index (χ3n) is 2.51. The van der Waals surface area contributed by atoms with Crippen molar-refractivity contribution in [1.82, 2.24) is 10.2 Å². The van der Waals surface area contributed by atoms with E-state index in [1.54, 1.807) is 0 Å². The molecular weight excluding hydrogens is 236 g/mol. The Morgan fingerprint density at radius 3 is 2.71 bits per heavy atom. The van der Waals surface area contributed by atoms with Crippen molar-refractivity contribution in [3.8, 4) is 6.07 Å². The summed E-state index contributed by atoms with van der Waals surface area (Å²) in [4.78, 5) is 0. The number of aryl methyl sites for hydroxylation is 1. The van der Waals surface area contributed by atoms with E-state index in [4.69, 9.17) is 5.26 Å². The molecular formula is C11H16N4OS. The number of aromatic nitrogens is 2. The van der Waals surface area contributed by atoms with Crippen molar-refractivity contribution in [2.45, 2.75) is 20.8 Å². The van der Waals surface area contributed by atoms with Crippen molar-refractivity contribution in [3.05, 3.63) is 16.8 Å². The molecule has 1 unspecified atom stereocenters. The molecule has 0 fully saturated rings. The first-order valence-corrected chi connectivity index (χ1v) is 6.91. The van der Waals surface area contributed by atoms with Gasteiger partial charge in [0, 0.05) is 28.9 Å².